The van der Waals surface area contributed by atoms with Gasteiger partial charge in [-0.1, -0.05) is 5.16 Å². The monoisotopic (exact) mass is 320 g/mol. The van der Waals surface area contributed by atoms with Crippen LogP contribution >= 0.6 is 12.4 Å². The molecule has 0 spiro atoms. The molecule has 0 aromatic carbocycles. The van der Waals surface area contributed by atoms with E-state index in [1.54, 1.807) is 10.7 Å². The molecule has 4 heterocycles. The third kappa shape index (κ3) is 2.36. The molecular formula is C14H17ClN6O. The maximum Gasteiger partial charge on any atom is 0.231 e. The Hall–Kier alpha value is -1.99. The van der Waals surface area contributed by atoms with Crippen LogP contribution in [0.1, 0.15) is 29.6 Å². The van der Waals surface area contributed by atoms with Crippen LogP contribution < -0.4 is 5.32 Å². The topological polar surface area (TPSA) is 81.1 Å². The van der Waals surface area contributed by atoms with Crippen LogP contribution in [0.3, 0.4) is 0 Å². The fourth-order valence-electron chi connectivity index (χ4n) is 2.80. The van der Waals surface area contributed by atoms with E-state index in [0.717, 1.165) is 42.1 Å². The molecule has 0 unspecified atom stereocenters. The first-order valence-electron chi connectivity index (χ1n) is 7.09. The summed E-state index contributed by atoms with van der Waals surface area (Å²) < 4.78 is 7.22. The highest BCUT2D eigenvalue weighted by Crippen LogP contribution is 2.26. The zero-order chi connectivity index (χ0) is 14.4. The largest absolute Gasteiger partial charge is 0.339 e. The minimum Gasteiger partial charge on any atom is -0.339 e. The number of hydrogen-bond acceptors (Lipinski definition) is 6. The molecular weight excluding hydrogens is 304 g/mol. The molecule has 22 heavy (non-hydrogen) atoms. The average molecular weight is 321 g/mol. The molecule has 1 aliphatic heterocycles. The van der Waals surface area contributed by atoms with Crippen molar-refractivity contribution in [1.29, 1.82) is 0 Å². The van der Waals surface area contributed by atoms with Crippen LogP contribution in [0.15, 0.2) is 16.8 Å². The van der Waals surface area contributed by atoms with Gasteiger partial charge < -0.3 is 9.84 Å². The van der Waals surface area contributed by atoms with Crippen LogP contribution in [0.4, 0.5) is 0 Å². The second-order valence-electron chi connectivity index (χ2n) is 5.48. The number of nitrogens with one attached hydrogen (secondary N) is 1. The van der Waals surface area contributed by atoms with Crippen molar-refractivity contribution in [3.8, 4) is 11.4 Å². The van der Waals surface area contributed by atoms with Crippen LogP contribution in [-0.4, -0.2) is 37.8 Å². The van der Waals surface area contributed by atoms with E-state index in [0.29, 0.717) is 17.6 Å². The standard InChI is InChI=1S/C14H16N6O.ClH/c1-8-5-9(2)20-13(17-8)11(7-16-20)12-18-14(21-19-12)10-3-4-15-6-10;/h5,7,10,15H,3-4,6H2,1-2H3;1H/t10-;/m1./s1. The van der Waals surface area contributed by atoms with Gasteiger partial charge in [0.15, 0.2) is 5.65 Å². The molecule has 116 valence electrons. The third-order valence-corrected chi connectivity index (χ3v) is 3.87. The molecule has 1 N–H and O–H groups in total. The number of aryl methyl sites for hydroxylation is 2. The lowest BCUT2D eigenvalue weighted by Gasteiger charge is -2.00. The normalized spacial score (nSPS) is 17.8. The fraction of sp³-hybridized carbons (Fsp3) is 0.429. The van der Waals surface area contributed by atoms with Crippen LogP contribution in [0.25, 0.3) is 17.0 Å². The lowest BCUT2D eigenvalue weighted by atomic mass is 10.1. The lowest BCUT2D eigenvalue weighted by Crippen LogP contribution is -2.08. The summed E-state index contributed by atoms with van der Waals surface area (Å²) >= 11 is 0. The SMILES string of the molecule is Cc1cc(C)n2ncc(-c3noc([C@@H]4CCNC4)n3)c2n1.Cl. The molecule has 1 atom stereocenters. The highest BCUT2D eigenvalue weighted by Gasteiger charge is 2.24. The van der Waals surface area contributed by atoms with Crippen molar-refractivity contribution in [2.24, 2.45) is 0 Å². The van der Waals surface area contributed by atoms with Gasteiger partial charge in [-0.3, -0.25) is 0 Å². The van der Waals surface area contributed by atoms with E-state index in [1.807, 2.05) is 19.9 Å². The van der Waals surface area contributed by atoms with E-state index in [2.05, 4.69) is 25.5 Å². The highest BCUT2D eigenvalue weighted by atomic mass is 35.5. The maximum atomic E-state index is 5.42. The molecule has 0 saturated carbocycles. The van der Waals surface area contributed by atoms with Gasteiger partial charge in [-0.2, -0.15) is 10.1 Å². The van der Waals surface area contributed by atoms with Gasteiger partial charge in [-0.15, -0.1) is 12.4 Å². The molecule has 1 fully saturated rings. The fourth-order valence-corrected chi connectivity index (χ4v) is 2.80. The zero-order valence-electron chi connectivity index (χ0n) is 12.4. The van der Waals surface area contributed by atoms with E-state index < -0.39 is 0 Å². The number of rotatable bonds is 2. The van der Waals surface area contributed by atoms with Crippen molar-refractivity contribution in [3.63, 3.8) is 0 Å². The van der Waals surface area contributed by atoms with Gasteiger partial charge in [-0.25, -0.2) is 9.50 Å². The van der Waals surface area contributed by atoms with Crippen LogP contribution in [0, 0.1) is 13.8 Å². The first kappa shape index (κ1) is 14.9. The Morgan fingerprint density at radius 1 is 1.32 bits per heavy atom. The molecule has 8 heteroatoms. The minimum atomic E-state index is 0. The Kier molecular flexibility index (Phi) is 3.84. The predicted molar refractivity (Wildman–Crippen MR) is 83.2 cm³/mol. The van der Waals surface area contributed by atoms with Gasteiger partial charge in [0.2, 0.25) is 11.7 Å². The average Bonchev–Trinajstić information content (AvgIpc) is 3.18. The van der Waals surface area contributed by atoms with E-state index >= 15 is 0 Å². The van der Waals surface area contributed by atoms with Crippen LogP contribution in [-0.2, 0) is 0 Å². The number of fused-ring (bicyclic) bond motifs is 1. The van der Waals surface area contributed by atoms with Gasteiger partial charge >= 0.3 is 0 Å². The number of hydrogen-bond donors (Lipinski definition) is 1. The number of halogens is 1. The van der Waals surface area contributed by atoms with E-state index in [4.69, 9.17) is 4.52 Å². The van der Waals surface area contributed by atoms with Crippen LogP contribution in [0.5, 0.6) is 0 Å². The van der Waals surface area contributed by atoms with Gasteiger partial charge in [0, 0.05) is 17.9 Å². The predicted octanol–water partition coefficient (Wildman–Crippen LogP) is 1.89. The summed E-state index contributed by atoms with van der Waals surface area (Å²) in [7, 11) is 0. The lowest BCUT2D eigenvalue weighted by molar-refractivity contribution is 0.359. The van der Waals surface area contributed by atoms with Crippen molar-refractivity contribution in [2.45, 2.75) is 26.2 Å². The molecule has 0 aliphatic carbocycles. The molecule has 1 saturated heterocycles. The first-order chi connectivity index (χ1) is 10.2. The molecule has 0 amide bonds. The maximum absolute atomic E-state index is 5.42. The summed E-state index contributed by atoms with van der Waals surface area (Å²) in [6.07, 6.45) is 2.78. The third-order valence-electron chi connectivity index (χ3n) is 3.87. The molecule has 3 aromatic heterocycles. The summed E-state index contributed by atoms with van der Waals surface area (Å²) in [6.45, 7) is 5.87. The first-order valence-corrected chi connectivity index (χ1v) is 7.09. The van der Waals surface area contributed by atoms with Crippen molar-refractivity contribution >= 4 is 18.1 Å². The number of aromatic nitrogens is 5. The molecule has 4 rings (SSSR count). The number of nitrogens with zero attached hydrogens (tertiary/aromatic N) is 5. The van der Waals surface area contributed by atoms with Gasteiger partial charge in [0.1, 0.15) is 0 Å². The molecule has 7 nitrogen and oxygen atoms in total. The molecule has 0 radical (unpaired) electrons. The van der Waals surface area contributed by atoms with Crippen molar-refractivity contribution in [2.75, 3.05) is 13.1 Å². The van der Waals surface area contributed by atoms with E-state index in [9.17, 15) is 0 Å². The molecule has 0 bridgehead atoms. The minimum absolute atomic E-state index is 0. The second kappa shape index (κ2) is 5.66. The summed E-state index contributed by atoms with van der Waals surface area (Å²) in [5.74, 6) is 1.56. The van der Waals surface area contributed by atoms with E-state index in [1.165, 1.54) is 0 Å². The van der Waals surface area contributed by atoms with Gasteiger partial charge in [0.25, 0.3) is 0 Å². The highest BCUT2D eigenvalue weighted by molar-refractivity contribution is 5.85. The second-order valence-corrected chi connectivity index (χ2v) is 5.48. The zero-order valence-corrected chi connectivity index (χ0v) is 13.2. The summed E-state index contributed by atoms with van der Waals surface area (Å²) in [6, 6.07) is 2.00. The Labute approximate surface area is 133 Å². The van der Waals surface area contributed by atoms with E-state index in [-0.39, 0.29) is 12.4 Å². The van der Waals surface area contributed by atoms with Crippen molar-refractivity contribution < 1.29 is 4.52 Å². The van der Waals surface area contributed by atoms with Gasteiger partial charge in [-0.05, 0) is 32.9 Å². The van der Waals surface area contributed by atoms with Crippen molar-refractivity contribution in [1.82, 2.24) is 30.1 Å². The molecule has 3 aromatic rings. The van der Waals surface area contributed by atoms with Crippen LogP contribution in [0.2, 0.25) is 0 Å². The summed E-state index contributed by atoms with van der Waals surface area (Å²) in [5.41, 5.74) is 3.56. The quantitative estimate of drug-likeness (QED) is 0.776. The molecule has 1 aliphatic rings. The van der Waals surface area contributed by atoms with Gasteiger partial charge in [0.05, 0.1) is 17.7 Å². The Bertz CT molecular complexity index is 805. The summed E-state index contributed by atoms with van der Waals surface area (Å²) in [4.78, 5) is 9.08. The summed E-state index contributed by atoms with van der Waals surface area (Å²) in [5, 5.41) is 11.8. The Morgan fingerprint density at radius 2 is 2.18 bits per heavy atom. The Morgan fingerprint density at radius 3 is 2.95 bits per heavy atom. The smallest absolute Gasteiger partial charge is 0.231 e. The Balaban J connectivity index is 0.00000144. The van der Waals surface area contributed by atoms with Crippen molar-refractivity contribution in [3.05, 3.63) is 29.5 Å².